The SMILES string of the molecule is CCCCCCN(CCNC(=O)O)C[C@H](O)[C@@H](O)[C@H](O)[C@H](O)CO. The number of aliphatic hydroxyl groups is 5. The molecule has 0 heterocycles. The van der Waals surface area contributed by atoms with Crippen molar-refractivity contribution in [2.45, 2.75) is 57.0 Å². The fourth-order valence-corrected chi connectivity index (χ4v) is 2.31. The number of unbranched alkanes of at least 4 members (excludes halogenated alkanes) is 3. The molecule has 0 aromatic heterocycles. The topological polar surface area (TPSA) is 154 Å². The highest BCUT2D eigenvalue weighted by Crippen LogP contribution is 2.08. The van der Waals surface area contributed by atoms with Gasteiger partial charge in [0.2, 0.25) is 0 Å². The van der Waals surface area contributed by atoms with Crippen LogP contribution in [-0.4, -0.2) is 98.8 Å². The number of carbonyl (C=O) groups is 1. The Kier molecular flexibility index (Phi) is 12.8. The highest BCUT2D eigenvalue weighted by molar-refractivity contribution is 5.64. The Morgan fingerprint density at radius 3 is 2.17 bits per heavy atom. The smallest absolute Gasteiger partial charge is 0.404 e. The summed E-state index contributed by atoms with van der Waals surface area (Å²) in [7, 11) is 0. The summed E-state index contributed by atoms with van der Waals surface area (Å²) in [6, 6.07) is 0. The predicted molar refractivity (Wildman–Crippen MR) is 87.7 cm³/mol. The summed E-state index contributed by atoms with van der Waals surface area (Å²) in [6.07, 6.45) is -3.26. The van der Waals surface area contributed by atoms with Crippen LogP contribution in [0.5, 0.6) is 0 Å². The van der Waals surface area contributed by atoms with Crippen molar-refractivity contribution in [2.24, 2.45) is 0 Å². The third-order valence-corrected chi connectivity index (χ3v) is 3.80. The lowest BCUT2D eigenvalue weighted by molar-refractivity contribution is -0.119. The van der Waals surface area contributed by atoms with E-state index in [0.29, 0.717) is 13.1 Å². The lowest BCUT2D eigenvalue weighted by Crippen LogP contribution is -2.50. The van der Waals surface area contributed by atoms with E-state index in [2.05, 4.69) is 12.2 Å². The van der Waals surface area contributed by atoms with Gasteiger partial charge < -0.3 is 36.0 Å². The van der Waals surface area contributed by atoms with Gasteiger partial charge in [-0.05, 0) is 13.0 Å². The fourth-order valence-electron chi connectivity index (χ4n) is 2.31. The van der Waals surface area contributed by atoms with Crippen LogP contribution in [0.3, 0.4) is 0 Å². The minimum Gasteiger partial charge on any atom is -0.465 e. The molecule has 144 valence electrons. The van der Waals surface area contributed by atoms with E-state index in [1.165, 1.54) is 0 Å². The minimum atomic E-state index is -1.66. The number of carboxylic acid groups (broad SMARTS) is 1. The first kappa shape index (κ1) is 23.0. The molecular weight excluding hydrogens is 320 g/mol. The average Bonchev–Trinajstić information content (AvgIpc) is 2.55. The van der Waals surface area contributed by atoms with E-state index in [-0.39, 0.29) is 13.1 Å². The Bertz CT molecular complexity index is 333. The Hall–Kier alpha value is -0.970. The third-order valence-electron chi connectivity index (χ3n) is 3.80. The second-order valence-electron chi connectivity index (χ2n) is 5.89. The summed E-state index contributed by atoms with van der Waals surface area (Å²) in [5.74, 6) is 0. The van der Waals surface area contributed by atoms with E-state index in [0.717, 1.165) is 25.7 Å². The van der Waals surface area contributed by atoms with Crippen molar-refractivity contribution in [3.63, 3.8) is 0 Å². The molecule has 0 aliphatic rings. The average molecular weight is 352 g/mol. The minimum absolute atomic E-state index is 0.0177. The van der Waals surface area contributed by atoms with Crippen molar-refractivity contribution in [3.8, 4) is 0 Å². The largest absolute Gasteiger partial charge is 0.465 e. The van der Waals surface area contributed by atoms with Gasteiger partial charge in [0.15, 0.2) is 0 Å². The van der Waals surface area contributed by atoms with E-state index in [4.69, 9.17) is 10.2 Å². The molecule has 0 unspecified atom stereocenters. The standard InChI is InChI=1S/C15H32N2O7/c1-2-3-4-5-7-17(8-6-16-15(23)24)9-11(19)13(21)14(22)12(20)10-18/h11-14,16,18-22H,2-10H2,1H3,(H,23,24)/t11-,12+,13+,14+/m0/s1. The van der Waals surface area contributed by atoms with Gasteiger partial charge in [0.1, 0.15) is 18.3 Å². The summed E-state index contributed by atoms with van der Waals surface area (Å²) in [5, 5.41) is 58.5. The highest BCUT2D eigenvalue weighted by atomic mass is 16.4. The van der Waals surface area contributed by atoms with Gasteiger partial charge in [0, 0.05) is 19.6 Å². The Morgan fingerprint density at radius 1 is 1.00 bits per heavy atom. The molecule has 0 rings (SSSR count). The lowest BCUT2D eigenvalue weighted by Gasteiger charge is -2.30. The number of hydrogen-bond donors (Lipinski definition) is 7. The van der Waals surface area contributed by atoms with E-state index in [1.807, 2.05) is 0 Å². The van der Waals surface area contributed by atoms with Gasteiger partial charge in [-0.3, -0.25) is 4.90 Å². The predicted octanol–water partition coefficient (Wildman–Crippen LogP) is -1.43. The highest BCUT2D eigenvalue weighted by Gasteiger charge is 2.30. The van der Waals surface area contributed by atoms with Gasteiger partial charge in [-0.25, -0.2) is 4.79 Å². The number of nitrogens with zero attached hydrogens (tertiary/aromatic N) is 1. The first-order chi connectivity index (χ1) is 11.3. The third kappa shape index (κ3) is 10.0. The molecule has 0 aromatic carbocycles. The summed E-state index contributed by atoms with van der Waals surface area (Å²) in [5.41, 5.74) is 0. The van der Waals surface area contributed by atoms with Gasteiger partial charge in [0.05, 0.1) is 12.7 Å². The molecule has 7 N–H and O–H groups in total. The molecule has 0 aliphatic heterocycles. The normalized spacial score (nSPS) is 16.6. The molecule has 0 saturated carbocycles. The van der Waals surface area contributed by atoms with Crippen molar-refractivity contribution in [2.75, 3.05) is 32.8 Å². The van der Waals surface area contributed by atoms with Gasteiger partial charge in [-0.2, -0.15) is 0 Å². The Morgan fingerprint density at radius 2 is 1.62 bits per heavy atom. The second-order valence-corrected chi connectivity index (χ2v) is 5.89. The molecule has 24 heavy (non-hydrogen) atoms. The lowest BCUT2D eigenvalue weighted by atomic mass is 10.0. The Balaban J connectivity index is 4.49. The second kappa shape index (κ2) is 13.3. The van der Waals surface area contributed by atoms with Crippen LogP contribution < -0.4 is 5.32 Å². The number of amides is 1. The number of hydrogen-bond acceptors (Lipinski definition) is 7. The zero-order valence-corrected chi connectivity index (χ0v) is 14.2. The van der Waals surface area contributed by atoms with Crippen molar-refractivity contribution in [3.05, 3.63) is 0 Å². The van der Waals surface area contributed by atoms with Gasteiger partial charge in [-0.15, -0.1) is 0 Å². The number of aliphatic hydroxyl groups excluding tert-OH is 5. The van der Waals surface area contributed by atoms with Crippen LogP contribution >= 0.6 is 0 Å². The van der Waals surface area contributed by atoms with Gasteiger partial charge >= 0.3 is 6.09 Å². The molecule has 0 saturated heterocycles. The molecular formula is C15H32N2O7. The monoisotopic (exact) mass is 352 g/mol. The van der Waals surface area contributed by atoms with Crippen LogP contribution in [0.1, 0.15) is 32.6 Å². The molecule has 0 aliphatic carbocycles. The van der Waals surface area contributed by atoms with Crippen LogP contribution in [0.4, 0.5) is 4.79 Å². The first-order valence-electron chi connectivity index (χ1n) is 8.35. The van der Waals surface area contributed by atoms with Crippen LogP contribution in [0.25, 0.3) is 0 Å². The van der Waals surface area contributed by atoms with Crippen molar-refractivity contribution in [1.29, 1.82) is 0 Å². The summed E-state index contributed by atoms with van der Waals surface area (Å²) in [6.45, 7) is 2.51. The zero-order chi connectivity index (χ0) is 18.5. The maximum atomic E-state index is 10.5. The molecule has 9 heteroatoms. The van der Waals surface area contributed by atoms with E-state index in [9.17, 15) is 25.2 Å². The molecule has 0 aromatic rings. The van der Waals surface area contributed by atoms with E-state index in [1.54, 1.807) is 4.90 Å². The number of rotatable bonds is 14. The quantitative estimate of drug-likeness (QED) is 0.188. The van der Waals surface area contributed by atoms with Gasteiger partial charge in [0.25, 0.3) is 0 Å². The van der Waals surface area contributed by atoms with Crippen LogP contribution in [0.15, 0.2) is 0 Å². The fraction of sp³-hybridized carbons (Fsp3) is 0.933. The van der Waals surface area contributed by atoms with Crippen LogP contribution in [0.2, 0.25) is 0 Å². The van der Waals surface area contributed by atoms with Gasteiger partial charge in [-0.1, -0.05) is 26.2 Å². The van der Waals surface area contributed by atoms with Crippen molar-refractivity contribution in [1.82, 2.24) is 10.2 Å². The molecule has 0 bridgehead atoms. The zero-order valence-electron chi connectivity index (χ0n) is 14.2. The summed E-state index contributed by atoms with van der Waals surface area (Å²) < 4.78 is 0. The van der Waals surface area contributed by atoms with Crippen molar-refractivity contribution < 1.29 is 35.4 Å². The molecule has 1 amide bonds. The molecule has 0 spiro atoms. The molecule has 4 atom stereocenters. The molecule has 9 nitrogen and oxygen atoms in total. The molecule has 0 fully saturated rings. The van der Waals surface area contributed by atoms with Crippen LogP contribution in [-0.2, 0) is 0 Å². The maximum Gasteiger partial charge on any atom is 0.404 e. The summed E-state index contributed by atoms with van der Waals surface area (Å²) >= 11 is 0. The first-order valence-corrected chi connectivity index (χ1v) is 8.35. The van der Waals surface area contributed by atoms with Crippen molar-refractivity contribution >= 4 is 6.09 Å². The van der Waals surface area contributed by atoms with E-state index < -0.39 is 37.1 Å². The number of nitrogens with one attached hydrogen (secondary N) is 1. The molecule has 0 radical (unpaired) electrons. The summed E-state index contributed by atoms with van der Waals surface area (Å²) in [4.78, 5) is 12.3. The van der Waals surface area contributed by atoms with E-state index >= 15 is 0 Å². The maximum absolute atomic E-state index is 10.5. The Labute approximate surface area is 142 Å². The van der Waals surface area contributed by atoms with Crippen LogP contribution in [0, 0.1) is 0 Å².